The number of amides is 1. The maximum Gasteiger partial charge on any atom is 0.296 e. The molecular formula is C17H26N4O4. The number of nitrogens with one attached hydrogen (secondary N) is 2. The van der Waals surface area contributed by atoms with Gasteiger partial charge in [0.1, 0.15) is 17.0 Å². The molecule has 0 saturated carbocycles. The van der Waals surface area contributed by atoms with E-state index in [2.05, 4.69) is 10.6 Å². The van der Waals surface area contributed by atoms with Crippen LogP contribution in [0.2, 0.25) is 0 Å². The molecule has 8 heteroatoms. The molecule has 138 valence electrons. The van der Waals surface area contributed by atoms with E-state index in [0.29, 0.717) is 12.3 Å². The fourth-order valence-electron chi connectivity index (χ4n) is 3.06. The van der Waals surface area contributed by atoms with E-state index in [4.69, 9.17) is 10.5 Å². The molecule has 1 atom stereocenters. The number of ether oxygens (including phenoxy) is 1. The lowest BCUT2D eigenvalue weighted by Crippen LogP contribution is -2.40. The largest absolute Gasteiger partial charge is 0.487 e. The number of nitro benzene ring substituents is 1. The first kappa shape index (κ1) is 19.1. The standard InChI is InChI=1S/C17H26N4O4/c1-11(22)20-13-8-12-14(19-7-5-4-6-18)10-17(2,3)25-16(12)9-15(13)21(23)24/h8-9,14,19H,4-7,10,18H2,1-3H3,(H,20,22). The molecule has 0 bridgehead atoms. The maximum absolute atomic E-state index is 11.4. The van der Waals surface area contributed by atoms with Crippen LogP contribution in [0.1, 0.15) is 51.6 Å². The summed E-state index contributed by atoms with van der Waals surface area (Å²) in [4.78, 5) is 22.2. The van der Waals surface area contributed by atoms with Crippen LogP contribution in [-0.2, 0) is 4.79 Å². The van der Waals surface area contributed by atoms with E-state index >= 15 is 0 Å². The number of unbranched alkanes of at least 4 members (excludes halogenated alkanes) is 1. The predicted octanol–water partition coefficient (Wildman–Crippen LogP) is 2.48. The minimum Gasteiger partial charge on any atom is -0.487 e. The SMILES string of the molecule is CC(=O)Nc1cc2c(cc1[N+](=O)[O-])OC(C)(C)CC2NCCCCN. The monoisotopic (exact) mass is 350 g/mol. The molecule has 0 saturated heterocycles. The van der Waals surface area contributed by atoms with Gasteiger partial charge in [-0.05, 0) is 45.8 Å². The molecular weight excluding hydrogens is 324 g/mol. The third-order valence-electron chi connectivity index (χ3n) is 4.11. The topological polar surface area (TPSA) is 120 Å². The van der Waals surface area contributed by atoms with Gasteiger partial charge in [-0.3, -0.25) is 14.9 Å². The highest BCUT2D eigenvalue weighted by molar-refractivity contribution is 5.91. The summed E-state index contributed by atoms with van der Waals surface area (Å²) in [5.74, 6) is 0.126. The van der Waals surface area contributed by atoms with Crippen molar-refractivity contribution in [2.45, 2.75) is 51.7 Å². The fourth-order valence-corrected chi connectivity index (χ4v) is 3.06. The number of nitro groups is 1. The molecule has 0 spiro atoms. The molecule has 0 aromatic heterocycles. The van der Waals surface area contributed by atoms with Crippen LogP contribution in [0, 0.1) is 10.1 Å². The molecule has 0 fully saturated rings. The zero-order valence-electron chi connectivity index (χ0n) is 14.9. The first-order valence-electron chi connectivity index (χ1n) is 8.46. The zero-order valence-corrected chi connectivity index (χ0v) is 14.9. The van der Waals surface area contributed by atoms with E-state index in [9.17, 15) is 14.9 Å². The van der Waals surface area contributed by atoms with Crippen molar-refractivity contribution in [1.29, 1.82) is 0 Å². The molecule has 0 radical (unpaired) electrons. The normalized spacial score (nSPS) is 18.2. The van der Waals surface area contributed by atoms with Gasteiger partial charge in [0.15, 0.2) is 0 Å². The van der Waals surface area contributed by atoms with Gasteiger partial charge in [-0.1, -0.05) is 0 Å². The van der Waals surface area contributed by atoms with Gasteiger partial charge in [0.05, 0.1) is 11.0 Å². The number of hydrogen-bond acceptors (Lipinski definition) is 6. The molecule has 1 aliphatic rings. The van der Waals surface area contributed by atoms with E-state index < -0.39 is 10.5 Å². The lowest BCUT2D eigenvalue weighted by molar-refractivity contribution is -0.384. The van der Waals surface area contributed by atoms with Crippen LogP contribution < -0.4 is 21.1 Å². The Hall–Kier alpha value is -2.19. The number of rotatable bonds is 7. The number of anilines is 1. The molecule has 1 unspecified atom stereocenters. The van der Waals surface area contributed by atoms with Crippen molar-refractivity contribution in [1.82, 2.24) is 5.32 Å². The van der Waals surface area contributed by atoms with Gasteiger partial charge in [0.2, 0.25) is 5.91 Å². The molecule has 8 nitrogen and oxygen atoms in total. The van der Waals surface area contributed by atoms with Crippen molar-refractivity contribution >= 4 is 17.3 Å². The second-order valence-corrected chi connectivity index (χ2v) is 6.91. The Bertz CT molecular complexity index is 660. The summed E-state index contributed by atoms with van der Waals surface area (Å²) in [6, 6.07) is 3.03. The van der Waals surface area contributed by atoms with Crippen LogP contribution >= 0.6 is 0 Å². The number of fused-ring (bicyclic) bond motifs is 1. The summed E-state index contributed by atoms with van der Waals surface area (Å²) in [6.07, 6.45) is 2.61. The van der Waals surface area contributed by atoms with Crippen molar-refractivity contribution < 1.29 is 14.5 Å². The highest BCUT2D eigenvalue weighted by atomic mass is 16.6. The summed E-state index contributed by atoms with van der Waals surface area (Å²) >= 11 is 0. The quantitative estimate of drug-likeness (QED) is 0.395. The molecule has 1 aromatic rings. The third kappa shape index (κ3) is 4.90. The molecule has 25 heavy (non-hydrogen) atoms. The number of nitrogens with two attached hydrogens (primary N) is 1. The van der Waals surface area contributed by atoms with Gasteiger partial charge in [-0.25, -0.2) is 0 Å². The van der Waals surface area contributed by atoms with Crippen LogP contribution in [0.15, 0.2) is 12.1 Å². The van der Waals surface area contributed by atoms with Crippen LogP contribution in [0.25, 0.3) is 0 Å². The Morgan fingerprint density at radius 2 is 2.16 bits per heavy atom. The second-order valence-electron chi connectivity index (χ2n) is 6.91. The molecule has 1 aromatic carbocycles. The van der Waals surface area contributed by atoms with Gasteiger partial charge in [-0.2, -0.15) is 0 Å². The molecule has 1 aliphatic heterocycles. The Balaban J connectivity index is 2.38. The summed E-state index contributed by atoms with van der Waals surface area (Å²) in [7, 11) is 0. The van der Waals surface area contributed by atoms with Crippen LogP contribution in [0.5, 0.6) is 5.75 Å². The number of nitrogens with zero attached hydrogens (tertiary/aromatic N) is 1. The van der Waals surface area contributed by atoms with Gasteiger partial charge in [-0.15, -0.1) is 0 Å². The van der Waals surface area contributed by atoms with Gasteiger partial charge < -0.3 is 21.1 Å². The van der Waals surface area contributed by atoms with E-state index in [-0.39, 0.29) is 23.3 Å². The summed E-state index contributed by atoms with van der Waals surface area (Å²) in [5, 5.41) is 17.4. The molecule has 2 rings (SSSR count). The first-order valence-corrected chi connectivity index (χ1v) is 8.46. The summed E-state index contributed by atoms with van der Waals surface area (Å²) in [6.45, 7) is 6.68. The second kappa shape index (κ2) is 7.79. The van der Waals surface area contributed by atoms with Crippen LogP contribution in [0.3, 0.4) is 0 Å². The Morgan fingerprint density at radius 1 is 1.44 bits per heavy atom. The number of benzene rings is 1. The van der Waals surface area contributed by atoms with Crippen molar-refractivity contribution in [3.05, 3.63) is 27.8 Å². The van der Waals surface area contributed by atoms with E-state index in [1.54, 1.807) is 6.07 Å². The Kier molecular flexibility index (Phi) is 5.97. The van der Waals surface area contributed by atoms with Gasteiger partial charge >= 0.3 is 0 Å². The van der Waals surface area contributed by atoms with Crippen molar-refractivity contribution in [3.8, 4) is 5.75 Å². The summed E-state index contributed by atoms with van der Waals surface area (Å²) in [5.41, 5.74) is 5.92. The van der Waals surface area contributed by atoms with Crippen molar-refractivity contribution in [2.24, 2.45) is 5.73 Å². The van der Waals surface area contributed by atoms with Crippen molar-refractivity contribution in [2.75, 3.05) is 18.4 Å². The average Bonchev–Trinajstić information content (AvgIpc) is 2.49. The van der Waals surface area contributed by atoms with Gasteiger partial charge in [0.25, 0.3) is 5.69 Å². The van der Waals surface area contributed by atoms with E-state index in [0.717, 1.165) is 31.4 Å². The van der Waals surface area contributed by atoms with Gasteiger partial charge in [0, 0.05) is 24.9 Å². The maximum atomic E-state index is 11.4. The third-order valence-corrected chi connectivity index (χ3v) is 4.11. The van der Waals surface area contributed by atoms with E-state index in [1.165, 1.54) is 13.0 Å². The smallest absolute Gasteiger partial charge is 0.296 e. The van der Waals surface area contributed by atoms with Crippen molar-refractivity contribution in [3.63, 3.8) is 0 Å². The molecule has 0 aliphatic carbocycles. The number of carbonyl (C=O) groups excluding carboxylic acids is 1. The predicted molar refractivity (Wildman–Crippen MR) is 95.8 cm³/mol. The van der Waals surface area contributed by atoms with Crippen LogP contribution in [-0.4, -0.2) is 29.5 Å². The Morgan fingerprint density at radius 3 is 2.76 bits per heavy atom. The minimum absolute atomic E-state index is 0.00941. The summed E-state index contributed by atoms with van der Waals surface area (Å²) < 4.78 is 5.95. The lowest BCUT2D eigenvalue weighted by atomic mass is 9.89. The van der Waals surface area contributed by atoms with E-state index in [1.807, 2.05) is 13.8 Å². The number of hydrogen-bond donors (Lipinski definition) is 3. The molecule has 1 heterocycles. The first-order chi connectivity index (χ1) is 11.7. The highest BCUT2D eigenvalue weighted by Gasteiger charge is 2.35. The fraction of sp³-hybridized carbons (Fsp3) is 0.588. The zero-order chi connectivity index (χ0) is 18.6. The lowest BCUT2D eigenvalue weighted by Gasteiger charge is -2.38. The molecule has 1 amide bonds. The Labute approximate surface area is 147 Å². The van der Waals surface area contributed by atoms with Crippen LogP contribution in [0.4, 0.5) is 11.4 Å². The highest BCUT2D eigenvalue weighted by Crippen LogP contribution is 2.44. The minimum atomic E-state index is -0.514. The number of carbonyl (C=O) groups is 1. The molecule has 4 N–H and O–H groups in total. The average molecular weight is 350 g/mol.